The summed E-state index contributed by atoms with van der Waals surface area (Å²) in [6.07, 6.45) is -5.45. The number of esters is 2. The van der Waals surface area contributed by atoms with Gasteiger partial charge in [0.15, 0.2) is 18.5 Å². The van der Waals surface area contributed by atoms with Crippen LogP contribution in [0.3, 0.4) is 0 Å². The second-order valence-electron chi connectivity index (χ2n) is 7.97. The summed E-state index contributed by atoms with van der Waals surface area (Å²) in [6.45, 7) is 1.86. The molecule has 1 aliphatic rings. The zero-order valence-corrected chi connectivity index (χ0v) is 18.7. The number of aliphatic hydroxyl groups is 1. The molecule has 5 atom stereocenters. The first kappa shape index (κ1) is 23.6. The second-order valence-corrected chi connectivity index (χ2v) is 7.97. The average molecular weight is 462 g/mol. The third kappa shape index (κ3) is 5.69. The van der Waals surface area contributed by atoms with Crippen molar-refractivity contribution >= 4 is 11.9 Å². The van der Waals surface area contributed by atoms with Gasteiger partial charge < -0.3 is 24.1 Å². The molecule has 3 aromatic rings. The predicted molar refractivity (Wildman–Crippen MR) is 123 cm³/mol. The SMILES string of the molecule is C[C@@H]1O[C@@H](OCc2ccccc2)[C@@H](O)[C@H](OC(=O)c2ccccc2)[C@@H]1OC(=O)c1ccccc1. The molecule has 0 spiro atoms. The number of hydrogen-bond acceptors (Lipinski definition) is 7. The maximum atomic E-state index is 12.8. The van der Waals surface area contributed by atoms with E-state index in [1.54, 1.807) is 67.6 Å². The molecule has 1 heterocycles. The molecule has 0 amide bonds. The van der Waals surface area contributed by atoms with Crippen molar-refractivity contribution in [1.29, 1.82) is 0 Å². The fourth-order valence-corrected chi connectivity index (χ4v) is 3.71. The minimum Gasteiger partial charge on any atom is -0.452 e. The van der Waals surface area contributed by atoms with Crippen molar-refractivity contribution in [3.8, 4) is 0 Å². The van der Waals surface area contributed by atoms with E-state index < -0.39 is 42.6 Å². The van der Waals surface area contributed by atoms with E-state index in [1.807, 2.05) is 30.3 Å². The monoisotopic (exact) mass is 462 g/mol. The smallest absolute Gasteiger partial charge is 0.338 e. The Morgan fingerprint density at radius 1 is 0.765 bits per heavy atom. The zero-order chi connectivity index (χ0) is 23.9. The quantitative estimate of drug-likeness (QED) is 0.535. The van der Waals surface area contributed by atoms with Crippen molar-refractivity contribution in [2.24, 2.45) is 0 Å². The number of aliphatic hydroxyl groups excluding tert-OH is 1. The molecule has 0 saturated carbocycles. The van der Waals surface area contributed by atoms with Crippen LogP contribution in [0.1, 0.15) is 33.2 Å². The van der Waals surface area contributed by atoms with E-state index in [4.69, 9.17) is 18.9 Å². The lowest BCUT2D eigenvalue weighted by Gasteiger charge is -2.42. The molecular weight excluding hydrogens is 436 g/mol. The van der Waals surface area contributed by atoms with Crippen LogP contribution in [0.25, 0.3) is 0 Å². The molecule has 4 rings (SSSR count). The highest BCUT2D eigenvalue weighted by molar-refractivity contribution is 5.90. The number of benzene rings is 3. The minimum atomic E-state index is -1.39. The van der Waals surface area contributed by atoms with Gasteiger partial charge in [-0.25, -0.2) is 9.59 Å². The van der Waals surface area contributed by atoms with Gasteiger partial charge in [-0.15, -0.1) is 0 Å². The fraction of sp³-hybridized carbons (Fsp3) is 0.259. The Morgan fingerprint density at radius 3 is 1.76 bits per heavy atom. The third-order valence-corrected chi connectivity index (χ3v) is 5.51. The zero-order valence-electron chi connectivity index (χ0n) is 18.7. The van der Waals surface area contributed by atoms with Gasteiger partial charge in [-0.05, 0) is 36.8 Å². The van der Waals surface area contributed by atoms with Crippen LogP contribution in [0.4, 0.5) is 0 Å². The number of hydrogen-bond donors (Lipinski definition) is 1. The van der Waals surface area contributed by atoms with Gasteiger partial charge in [0, 0.05) is 0 Å². The van der Waals surface area contributed by atoms with Gasteiger partial charge in [0.1, 0.15) is 6.10 Å². The molecule has 7 nitrogen and oxygen atoms in total. The molecule has 7 heteroatoms. The van der Waals surface area contributed by atoms with Crippen LogP contribution >= 0.6 is 0 Å². The summed E-state index contributed by atoms with van der Waals surface area (Å²) in [5, 5.41) is 11.1. The molecule has 176 valence electrons. The van der Waals surface area contributed by atoms with Crippen LogP contribution in [0.15, 0.2) is 91.0 Å². The van der Waals surface area contributed by atoms with Crippen LogP contribution in [0.2, 0.25) is 0 Å². The standard InChI is InChI=1S/C27H26O7/c1-18-23(33-25(29)20-13-7-3-8-14-20)24(34-26(30)21-15-9-4-10-16-21)22(28)27(32-18)31-17-19-11-5-2-6-12-19/h2-16,18,22-24,27-28H,17H2,1H3/t18-,22-,23+,24-,27+/m0/s1. The summed E-state index contributed by atoms with van der Waals surface area (Å²) in [7, 11) is 0. The Hall–Kier alpha value is -3.52. The van der Waals surface area contributed by atoms with E-state index in [9.17, 15) is 14.7 Å². The van der Waals surface area contributed by atoms with E-state index in [2.05, 4.69) is 0 Å². The second kappa shape index (κ2) is 11.1. The first-order valence-corrected chi connectivity index (χ1v) is 11.0. The molecule has 3 aromatic carbocycles. The highest BCUT2D eigenvalue weighted by Crippen LogP contribution is 2.28. The highest BCUT2D eigenvalue weighted by Gasteiger charge is 2.49. The first-order valence-electron chi connectivity index (χ1n) is 11.0. The summed E-state index contributed by atoms with van der Waals surface area (Å²) in [4.78, 5) is 25.5. The Kier molecular flexibility index (Phi) is 7.69. The lowest BCUT2D eigenvalue weighted by atomic mass is 9.99. The van der Waals surface area contributed by atoms with Crippen LogP contribution in [0, 0.1) is 0 Å². The van der Waals surface area contributed by atoms with E-state index in [-0.39, 0.29) is 6.61 Å². The maximum absolute atomic E-state index is 12.8. The number of carbonyl (C=O) groups is 2. The Morgan fingerprint density at radius 2 is 1.24 bits per heavy atom. The largest absolute Gasteiger partial charge is 0.452 e. The maximum Gasteiger partial charge on any atom is 0.338 e. The predicted octanol–water partition coefficient (Wildman–Crippen LogP) is 3.76. The summed E-state index contributed by atoms with van der Waals surface area (Å²) < 4.78 is 23.0. The van der Waals surface area contributed by atoms with Crippen molar-refractivity contribution in [3.05, 3.63) is 108 Å². The molecule has 0 radical (unpaired) electrons. The fourth-order valence-electron chi connectivity index (χ4n) is 3.71. The molecular formula is C27H26O7. The normalized spacial score (nSPS) is 24.2. The van der Waals surface area contributed by atoms with Gasteiger partial charge in [-0.2, -0.15) is 0 Å². The van der Waals surface area contributed by atoms with E-state index >= 15 is 0 Å². The van der Waals surface area contributed by atoms with Gasteiger partial charge in [0.05, 0.1) is 23.8 Å². The molecule has 0 unspecified atom stereocenters. The van der Waals surface area contributed by atoms with Crippen LogP contribution < -0.4 is 0 Å². The minimum absolute atomic E-state index is 0.184. The molecule has 0 aromatic heterocycles. The summed E-state index contributed by atoms with van der Waals surface area (Å²) in [5.74, 6) is -1.26. The highest BCUT2D eigenvalue weighted by atomic mass is 16.7. The molecule has 34 heavy (non-hydrogen) atoms. The van der Waals surface area contributed by atoms with Crippen LogP contribution in [-0.4, -0.2) is 47.8 Å². The van der Waals surface area contributed by atoms with Crippen molar-refractivity contribution in [2.75, 3.05) is 0 Å². The number of rotatable bonds is 7. The van der Waals surface area contributed by atoms with Gasteiger partial charge in [0.25, 0.3) is 0 Å². The molecule has 0 bridgehead atoms. The summed E-state index contributed by atoms with van der Waals surface area (Å²) in [5.41, 5.74) is 1.53. The van der Waals surface area contributed by atoms with Crippen molar-refractivity contribution < 1.29 is 33.6 Å². The summed E-state index contributed by atoms with van der Waals surface area (Å²) in [6, 6.07) is 26.3. The van der Waals surface area contributed by atoms with Gasteiger partial charge in [-0.3, -0.25) is 0 Å². The van der Waals surface area contributed by atoms with E-state index in [0.717, 1.165) is 5.56 Å². The van der Waals surface area contributed by atoms with Crippen LogP contribution in [0.5, 0.6) is 0 Å². The van der Waals surface area contributed by atoms with Crippen molar-refractivity contribution in [3.63, 3.8) is 0 Å². The Balaban J connectivity index is 1.53. The van der Waals surface area contributed by atoms with E-state index in [1.165, 1.54) is 0 Å². The molecule has 0 aliphatic carbocycles. The molecule has 1 N–H and O–H groups in total. The van der Waals surface area contributed by atoms with Gasteiger partial charge in [-0.1, -0.05) is 66.7 Å². The number of carbonyl (C=O) groups excluding carboxylic acids is 2. The lowest BCUT2D eigenvalue weighted by molar-refractivity contribution is -0.294. The van der Waals surface area contributed by atoms with Crippen molar-refractivity contribution in [1.82, 2.24) is 0 Å². The molecule has 1 saturated heterocycles. The molecule has 1 fully saturated rings. The van der Waals surface area contributed by atoms with E-state index in [0.29, 0.717) is 11.1 Å². The Bertz CT molecular complexity index is 1070. The topological polar surface area (TPSA) is 91.3 Å². The third-order valence-electron chi connectivity index (χ3n) is 5.51. The van der Waals surface area contributed by atoms with Crippen LogP contribution in [-0.2, 0) is 25.6 Å². The lowest BCUT2D eigenvalue weighted by Crippen LogP contribution is -2.60. The van der Waals surface area contributed by atoms with Gasteiger partial charge >= 0.3 is 11.9 Å². The number of ether oxygens (including phenoxy) is 4. The van der Waals surface area contributed by atoms with Gasteiger partial charge in [0.2, 0.25) is 0 Å². The Labute approximate surface area is 197 Å². The molecule has 1 aliphatic heterocycles. The average Bonchev–Trinajstić information content (AvgIpc) is 2.88. The summed E-state index contributed by atoms with van der Waals surface area (Å²) >= 11 is 0. The first-order chi connectivity index (χ1) is 16.5. The van der Waals surface area contributed by atoms with Crippen molar-refractivity contribution in [2.45, 2.75) is 44.2 Å².